The molecule has 2 N–H and O–H groups in total. The smallest absolute Gasteiger partial charge is 0.236 e. The highest BCUT2D eigenvalue weighted by Crippen LogP contribution is 2.27. The third-order valence-electron chi connectivity index (χ3n) is 5.33. The highest BCUT2D eigenvalue weighted by Gasteiger charge is 2.19. The van der Waals surface area contributed by atoms with Gasteiger partial charge in [0.15, 0.2) is 5.65 Å². The van der Waals surface area contributed by atoms with E-state index in [2.05, 4.69) is 17.0 Å². The number of aromatic nitrogens is 5. The van der Waals surface area contributed by atoms with Crippen LogP contribution < -0.4 is 9.80 Å². The van der Waals surface area contributed by atoms with Crippen LogP contribution in [-0.4, -0.2) is 68.1 Å². The van der Waals surface area contributed by atoms with Gasteiger partial charge in [-0.3, -0.25) is 4.98 Å². The van der Waals surface area contributed by atoms with Crippen molar-refractivity contribution >= 4 is 23.2 Å². The van der Waals surface area contributed by atoms with Crippen molar-refractivity contribution in [2.75, 3.05) is 43.2 Å². The Balaban J connectivity index is 1.75. The second-order valence-electron chi connectivity index (χ2n) is 7.34. The lowest BCUT2D eigenvalue weighted by Crippen LogP contribution is -2.32. The zero-order valence-electron chi connectivity index (χ0n) is 18.3. The molecule has 9 nitrogen and oxygen atoms in total. The molecule has 0 atom stereocenters. The van der Waals surface area contributed by atoms with E-state index in [1.807, 2.05) is 54.4 Å². The molecule has 0 saturated heterocycles. The minimum atomic E-state index is -0.0609. The van der Waals surface area contributed by atoms with Crippen LogP contribution in [0.1, 0.15) is 12.5 Å². The molecule has 0 bridgehead atoms. The molecular formula is C23H27N7O2. The summed E-state index contributed by atoms with van der Waals surface area (Å²) in [5.41, 5.74) is 4.59. The maximum atomic E-state index is 9.46. The molecule has 0 aliphatic carbocycles. The molecule has 4 aromatic rings. The minimum Gasteiger partial charge on any atom is -0.395 e. The van der Waals surface area contributed by atoms with Crippen molar-refractivity contribution in [3.8, 4) is 11.3 Å². The summed E-state index contributed by atoms with van der Waals surface area (Å²) < 4.78 is 1.73. The number of anilines is 3. The van der Waals surface area contributed by atoms with Gasteiger partial charge in [0, 0.05) is 43.1 Å². The van der Waals surface area contributed by atoms with Gasteiger partial charge in [-0.05, 0) is 30.7 Å². The van der Waals surface area contributed by atoms with Crippen molar-refractivity contribution in [2.24, 2.45) is 0 Å². The van der Waals surface area contributed by atoms with Crippen LogP contribution in [0.3, 0.4) is 0 Å². The molecule has 1 aromatic carbocycles. The maximum absolute atomic E-state index is 9.46. The first-order valence-electron chi connectivity index (χ1n) is 10.6. The predicted molar refractivity (Wildman–Crippen MR) is 124 cm³/mol. The lowest BCUT2D eigenvalue weighted by atomic mass is 10.1. The average Bonchev–Trinajstić information content (AvgIpc) is 3.26. The van der Waals surface area contributed by atoms with E-state index in [4.69, 9.17) is 9.97 Å². The van der Waals surface area contributed by atoms with E-state index in [-0.39, 0.29) is 13.2 Å². The number of aliphatic hydroxyl groups excluding tert-OH is 2. The molecule has 0 aliphatic heterocycles. The summed E-state index contributed by atoms with van der Waals surface area (Å²) in [5, 5.41) is 23.4. The molecule has 0 spiro atoms. The lowest BCUT2D eigenvalue weighted by molar-refractivity contribution is 0.280. The molecule has 9 heteroatoms. The number of rotatable bonds is 9. The zero-order valence-corrected chi connectivity index (χ0v) is 18.3. The van der Waals surface area contributed by atoms with Gasteiger partial charge in [0.25, 0.3) is 0 Å². The zero-order chi connectivity index (χ0) is 22.5. The number of hydrogen-bond acceptors (Lipinski definition) is 8. The van der Waals surface area contributed by atoms with Gasteiger partial charge in [-0.15, -0.1) is 0 Å². The Bertz CT molecular complexity index is 1160. The minimum absolute atomic E-state index is 0.0609. The molecule has 3 heterocycles. The highest BCUT2D eigenvalue weighted by atomic mass is 16.3. The second-order valence-corrected chi connectivity index (χ2v) is 7.34. The van der Waals surface area contributed by atoms with E-state index in [1.165, 1.54) is 0 Å². The van der Waals surface area contributed by atoms with Crippen LogP contribution in [0.25, 0.3) is 16.9 Å². The van der Waals surface area contributed by atoms with Gasteiger partial charge in [0.05, 0.1) is 25.1 Å². The monoisotopic (exact) mass is 433 g/mol. The summed E-state index contributed by atoms with van der Waals surface area (Å²) in [6.45, 7) is 2.59. The van der Waals surface area contributed by atoms with Gasteiger partial charge in [0.2, 0.25) is 11.9 Å². The number of pyridine rings is 1. The normalized spacial score (nSPS) is 11.1. The van der Waals surface area contributed by atoms with Crippen molar-refractivity contribution in [3.05, 3.63) is 60.4 Å². The Labute approximate surface area is 186 Å². The summed E-state index contributed by atoms with van der Waals surface area (Å²) in [5.74, 6) is 1.04. The van der Waals surface area contributed by atoms with Gasteiger partial charge in [-0.25, -0.2) is 0 Å². The molecule has 0 saturated carbocycles. The average molecular weight is 434 g/mol. The summed E-state index contributed by atoms with van der Waals surface area (Å²) in [6.07, 6.45) is 4.36. The fraction of sp³-hybridized carbons (Fsp3) is 0.304. The Morgan fingerprint density at radius 2 is 1.72 bits per heavy atom. The molecule has 0 amide bonds. The van der Waals surface area contributed by atoms with Gasteiger partial charge < -0.3 is 20.0 Å². The standard InChI is InChI=1S/C23H27N7O2/c1-3-17-16-25-30-21(17)26-22(29(12-14-31)13-15-32)27-23(30)28(2)19-9-7-18(8-10-19)20-6-4-5-11-24-20/h4-11,16,31-32H,3,12-15H2,1-2H3. The van der Waals surface area contributed by atoms with Crippen molar-refractivity contribution in [2.45, 2.75) is 13.3 Å². The van der Waals surface area contributed by atoms with Gasteiger partial charge in [0.1, 0.15) is 0 Å². The van der Waals surface area contributed by atoms with Crippen LogP contribution in [0.5, 0.6) is 0 Å². The number of benzene rings is 1. The van der Waals surface area contributed by atoms with E-state index in [0.29, 0.717) is 30.6 Å². The SMILES string of the molecule is CCc1cnn2c(N(C)c3ccc(-c4ccccn4)cc3)nc(N(CCO)CCO)nc12. The number of aliphatic hydroxyl groups is 2. The van der Waals surface area contributed by atoms with Crippen molar-refractivity contribution in [1.29, 1.82) is 0 Å². The Kier molecular flexibility index (Phi) is 6.58. The van der Waals surface area contributed by atoms with Crippen LogP contribution in [0.2, 0.25) is 0 Å². The molecule has 0 radical (unpaired) electrons. The van der Waals surface area contributed by atoms with Crippen LogP contribution in [0, 0.1) is 0 Å². The van der Waals surface area contributed by atoms with Crippen LogP contribution in [0.15, 0.2) is 54.9 Å². The molecular weight excluding hydrogens is 406 g/mol. The van der Waals surface area contributed by atoms with Crippen molar-refractivity contribution < 1.29 is 10.2 Å². The van der Waals surface area contributed by atoms with Crippen molar-refractivity contribution in [1.82, 2.24) is 24.6 Å². The van der Waals surface area contributed by atoms with Crippen LogP contribution >= 0.6 is 0 Å². The fourth-order valence-corrected chi connectivity index (χ4v) is 3.56. The second kappa shape index (κ2) is 9.71. The third kappa shape index (κ3) is 4.25. The van der Waals surface area contributed by atoms with Gasteiger partial charge in [-0.2, -0.15) is 19.6 Å². The van der Waals surface area contributed by atoms with Crippen LogP contribution in [-0.2, 0) is 6.42 Å². The summed E-state index contributed by atoms with van der Waals surface area (Å²) in [7, 11) is 1.93. The Morgan fingerprint density at radius 1 is 0.969 bits per heavy atom. The van der Waals surface area contributed by atoms with Crippen LogP contribution in [0.4, 0.5) is 17.6 Å². The quantitative estimate of drug-likeness (QED) is 0.415. The summed E-state index contributed by atoms with van der Waals surface area (Å²) >= 11 is 0. The molecule has 32 heavy (non-hydrogen) atoms. The first-order valence-corrected chi connectivity index (χ1v) is 10.6. The molecule has 0 aliphatic rings. The highest BCUT2D eigenvalue weighted by molar-refractivity contribution is 5.67. The van der Waals surface area contributed by atoms with E-state index >= 15 is 0 Å². The predicted octanol–water partition coefficient (Wildman–Crippen LogP) is 2.31. The topological polar surface area (TPSA) is 103 Å². The van der Waals surface area contributed by atoms with Gasteiger partial charge in [-0.1, -0.05) is 25.1 Å². The fourth-order valence-electron chi connectivity index (χ4n) is 3.56. The number of nitrogens with zero attached hydrogens (tertiary/aromatic N) is 7. The molecule has 4 rings (SSSR count). The first kappa shape index (κ1) is 21.7. The largest absolute Gasteiger partial charge is 0.395 e. The van der Waals surface area contributed by atoms with E-state index in [1.54, 1.807) is 21.8 Å². The number of fused-ring (bicyclic) bond motifs is 1. The lowest BCUT2D eigenvalue weighted by Gasteiger charge is -2.24. The third-order valence-corrected chi connectivity index (χ3v) is 5.33. The Morgan fingerprint density at radius 3 is 2.34 bits per heavy atom. The molecule has 166 valence electrons. The summed E-state index contributed by atoms with van der Waals surface area (Å²) in [6, 6.07) is 13.9. The van der Waals surface area contributed by atoms with Gasteiger partial charge >= 0.3 is 0 Å². The molecule has 0 unspecified atom stereocenters. The van der Waals surface area contributed by atoms with Crippen molar-refractivity contribution in [3.63, 3.8) is 0 Å². The maximum Gasteiger partial charge on any atom is 0.236 e. The Hall–Kier alpha value is -3.56. The van der Waals surface area contributed by atoms with E-state index in [0.717, 1.165) is 28.9 Å². The molecule has 0 fully saturated rings. The number of aryl methyl sites for hydroxylation is 1. The van der Waals surface area contributed by atoms with E-state index in [9.17, 15) is 10.2 Å². The first-order chi connectivity index (χ1) is 15.7. The summed E-state index contributed by atoms with van der Waals surface area (Å²) in [4.78, 5) is 17.6. The molecule has 3 aromatic heterocycles. The number of hydrogen-bond donors (Lipinski definition) is 2. The van der Waals surface area contributed by atoms with E-state index < -0.39 is 0 Å².